The van der Waals surface area contributed by atoms with Crippen molar-refractivity contribution in [2.45, 2.75) is 26.1 Å². The molecular formula is C16H21N5O3. The third-order valence-corrected chi connectivity index (χ3v) is 4.53. The summed E-state index contributed by atoms with van der Waals surface area (Å²) in [6.07, 6.45) is 1.76. The van der Waals surface area contributed by atoms with E-state index in [0.29, 0.717) is 39.4 Å². The number of aromatic nitrogens is 3. The molecule has 0 spiro atoms. The van der Waals surface area contributed by atoms with Gasteiger partial charge < -0.3 is 14.2 Å². The number of carbonyl (C=O) groups is 1. The van der Waals surface area contributed by atoms with Crippen LogP contribution in [0.3, 0.4) is 0 Å². The highest BCUT2D eigenvalue weighted by atomic mass is 16.5. The molecule has 4 heterocycles. The topological polar surface area (TPSA) is 76.6 Å². The molecule has 24 heavy (non-hydrogen) atoms. The lowest BCUT2D eigenvalue weighted by Crippen LogP contribution is -2.49. The van der Waals surface area contributed by atoms with Crippen molar-refractivity contribution in [3.63, 3.8) is 0 Å². The van der Waals surface area contributed by atoms with Gasteiger partial charge >= 0.3 is 0 Å². The lowest BCUT2D eigenvalue weighted by atomic mass is 10.1. The Morgan fingerprint density at radius 3 is 2.96 bits per heavy atom. The molecule has 1 fully saturated rings. The van der Waals surface area contributed by atoms with Crippen LogP contribution in [0, 0.1) is 6.92 Å². The first-order valence-corrected chi connectivity index (χ1v) is 8.24. The Morgan fingerprint density at radius 1 is 1.38 bits per heavy atom. The van der Waals surface area contributed by atoms with E-state index in [-0.39, 0.29) is 11.9 Å². The minimum absolute atomic E-state index is 0.115. The van der Waals surface area contributed by atoms with Crippen LogP contribution in [0.5, 0.6) is 0 Å². The third kappa shape index (κ3) is 2.94. The minimum Gasteiger partial charge on any atom is -0.378 e. The maximum atomic E-state index is 13.0. The van der Waals surface area contributed by atoms with Crippen LogP contribution in [0.15, 0.2) is 22.9 Å². The molecular weight excluding hydrogens is 310 g/mol. The Balaban J connectivity index is 1.53. The third-order valence-electron chi connectivity index (χ3n) is 4.53. The smallest absolute Gasteiger partial charge is 0.248 e. The Morgan fingerprint density at radius 2 is 2.21 bits per heavy atom. The van der Waals surface area contributed by atoms with E-state index in [1.807, 2.05) is 28.6 Å². The summed E-state index contributed by atoms with van der Waals surface area (Å²) in [6.45, 7) is 6.42. The van der Waals surface area contributed by atoms with Crippen molar-refractivity contribution in [3.8, 4) is 0 Å². The molecule has 2 aromatic heterocycles. The fraction of sp³-hybridized carbons (Fsp3) is 0.562. The van der Waals surface area contributed by atoms with Crippen LogP contribution >= 0.6 is 0 Å². The van der Waals surface area contributed by atoms with Gasteiger partial charge in [-0.3, -0.25) is 14.4 Å². The Hall–Kier alpha value is -2.19. The number of aryl methyl sites for hydroxylation is 1. The van der Waals surface area contributed by atoms with Gasteiger partial charge in [0, 0.05) is 45.0 Å². The Labute approximate surface area is 139 Å². The van der Waals surface area contributed by atoms with Crippen molar-refractivity contribution in [3.05, 3.63) is 35.5 Å². The predicted octanol–water partition coefficient (Wildman–Crippen LogP) is 0.595. The largest absolute Gasteiger partial charge is 0.378 e. The van der Waals surface area contributed by atoms with Crippen molar-refractivity contribution in [1.82, 2.24) is 24.7 Å². The average Bonchev–Trinajstić information content (AvgIpc) is 3.23. The number of hydrogen-bond acceptors (Lipinski definition) is 6. The lowest BCUT2D eigenvalue weighted by Gasteiger charge is -2.36. The second-order valence-corrected chi connectivity index (χ2v) is 6.32. The molecule has 8 nitrogen and oxygen atoms in total. The summed E-state index contributed by atoms with van der Waals surface area (Å²) in [5, 5.41) is 8.44. The lowest BCUT2D eigenvalue weighted by molar-refractivity contribution is -0.140. The van der Waals surface area contributed by atoms with Crippen LogP contribution in [-0.4, -0.2) is 63.5 Å². The fourth-order valence-corrected chi connectivity index (χ4v) is 3.38. The zero-order valence-corrected chi connectivity index (χ0v) is 13.7. The van der Waals surface area contributed by atoms with Gasteiger partial charge in [-0.1, -0.05) is 5.16 Å². The maximum absolute atomic E-state index is 13.0. The molecule has 0 aliphatic carbocycles. The highest BCUT2D eigenvalue weighted by Gasteiger charge is 2.34. The maximum Gasteiger partial charge on any atom is 0.248 e. The molecule has 1 amide bonds. The van der Waals surface area contributed by atoms with Gasteiger partial charge in [-0.05, 0) is 13.0 Å². The number of hydrogen-bond donors (Lipinski definition) is 0. The molecule has 1 atom stereocenters. The quantitative estimate of drug-likeness (QED) is 0.819. The number of nitrogens with zero attached hydrogens (tertiary/aromatic N) is 5. The molecule has 0 aromatic carbocycles. The van der Waals surface area contributed by atoms with E-state index in [2.05, 4.69) is 15.2 Å². The van der Waals surface area contributed by atoms with E-state index in [4.69, 9.17) is 9.26 Å². The Bertz CT molecular complexity index is 719. The molecule has 1 unspecified atom stereocenters. The molecule has 1 saturated heterocycles. The second kappa shape index (κ2) is 6.37. The first-order valence-electron chi connectivity index (χ1n) is 8.24. The molecule has 2 aromatic rings. The zero-order valence-electron chi connectivity index (χ0n) is 13.7. The van der Waals surface area contributed by atoms with Crippen molar-refractivity contribution in [2.75, 3.05) is 32.8 Å². The van der Waals surface area contributed by atoms with Crippen LogP contribution in [0.4, 0.5) is 0 Å². The van der Waals surface area contributed by atoms with Crippen LogP contribution in [0.1, 0.15) is 23.2 Å². The van der Waals surface area contributed by atoms with E-state index in [9.17, 15) is 4.79 Å². The van der Waals surface area contributed by atoms with E-state index in [1.54, 1.807) is 6.20 Å². The van der Waals surface area contributed by atoms with Crippen LogP contribution < -0.4 is 0 Å². The first-order chi connectivity index (χ1) is 11.7. The summed E-state index contributed by atoms with van der Waals surface area (Å²) in [5.41, 5.74) is 1.94. The Kier molecular flexibility index (Phi) is 4.07. The van der Waals surface area contributed by atoms with Gasteiger partial charge in [-0.15, -0.1) is 0 Å². The molecule has 2 aliphatic rings. The molecule has 4 rings (SSSR count). The van der Waals surface area contributed by atoms with Crippen LogP contribution in [0.25, 0.3) is 0 Å². The summed E-state index contributed by atoms with van der Waals surface area (Å²) in [7, 11) is 0. The zero-order chi connectivity index (χ0) is 16.5. The molecule has 128 valence electrons. The molecule has 0 radical (unpaired) electrons. The summed E-state index contributed by atoms with van der Waals surface area (Å²) in [4.78, 5) is 17.1. The number of morpholine rings is 1. The number of rotatable bonds is 3. The number of carbonyl (C=O) groups excluding carboxylic acids is 1. The van der Waals surface area contributed by atoms with Crippen LogP contribution in [-0.2, 0) is 22.6 Å². The van der Waals surface area contributed by atoms with Crippen molar-refractivity contribution in [1.29, 1.82) is 0 Å². The molecule has 2 aliphatic heterocycles. The van der Waals surface area contributed by atoms with Gasteiger partial charge in [-0.2, -0.15) is 5.10 Å². The molecule has 0 saturated carbocycles. The van der Waals surface area contributed by atoms with Crippen molar-refractivity contribution >= 4 is 5.91 Å². The highest BCUT2D eigenvalue weighted by molar-refractivity contribution is 5.81. The van der Waals surface area contributed by atoms with Gasteiger partial charge in [0.2, 0.25) is 5.91 Å². The normalized spacial score (nSPS) is 21.7. The van der Waals surface area contributed by atoms with E-state index >= 15 is 0 Å². The van der Waals surface area contributed by atoms with Gasteiger partial charge in [0.15, 0.2) is 0 Å². The summed E-state index contributed by atoms with van der Waals surface area (Å²) < 4.78 is 12.4. The summed E-state index contributed by atoms with van der Waals surface area (Å²) in [6, 6.07) is 3.61. The summed E-state index contributed by atoms with van der Waals surface area (Å²) in [5.74, 6) is 0.914. The average molecular weight is 331 g/mol. The monoisotopic (exact) mass is 331 g/mol. The van der Waals surface area contributed by atoms with E-state index < -0.39 is 0 Å². The number of amides is 1. The second-order valence-electron chi connectivity index (χ2n) is 6.32. The van der Waals surface area contributed by atoms with Gasteiger partial charge in [-0.25, -0.2) is 0 Å². The van der Waals surface area contributed by atoms with Crippen LogP contribution in [0.2, 0.25) is 0 Å². The first kappa shape index (κ1) is 15.3. The van der Waals surface area contributed by atoms with E-state index in [0.717, 1.165) is 23.7 Å². The van der Waals surface area contributed by atoms with Gasteiger partial charge in [0.05, 0.1) is 24.6 Å². The predicted molar refractivity (Wildman–Crippen MR) is 84.0 cm³/mol. The molecule has 0 bridgehead atoms. The van der Waals surface area contributed by atoms with Gasteiger partial charge in [0.1, 0.15) is 11.8 Å². The SMILES string of the molecule is Cc1cc(CN2Cc3ccnn3C(C(=O)N3CCOCC3)C2)no1. The number of ether oxygens (including phenoxy) is 1. The van der Waals surface area contributed by atoms with Crippen molar-refractivity contribution < 1.29 is 14.1 Å². The number of fused-ring (bicyclic) bond motifs is 1. The fourth-order valence-electron chi connectivity index (χ4n) is 3.38. The summed E-state index contributed by atoms with van der Waals surface area (Å²) >= 11 is 0. The van der Waals surface area contributed by atoms with E-state index in [1.165, 1.54) is 0 Å². The molecule has 8 heteroatoms. The minimum atomic E-state index is -0.296. The highest BCUT2D eigenvalue weighted by Crippen LogP contribution is 2.24. The van der Waals surface area contributed by atoms with Crippen molar-refractivity contribution in [2.24, 2.45) is 0 Å². The van der Waals surface area contributed by atoms with Gasteiger partial charge in [0.25, 0.3) is 0 Å². The standard InChI is InChI=1S/C16H21N5O3/c1-12-8-13(18-24-12)9-19-10-14-2-3-17-21(14)15(11-19)16(22)20-4-6-23-7-5-20/h2-3,8,15H,4-7,9-11H2,1H3. The molecule has 0 N–H and O–H groups in total.